The Labute approximate surface area is 118 Å². The number of H-pyrrole nitrogens is 1. The molecule has 0 bridgehead atoms. The van der Waals surface area contributed by atoms with Gasteiger partial charge in [-0.05, 0) is 25.0 Å². The van der Waals surface area contributed by atoms with E-state index in [4.69, 9.17) is 0 Å². The zero-order chi connectivity index (χ0) is 13.9. The zero-order valence-corrected chi connectivity index (χ0v) is 11.4. The van der Waals surface area contributed by atoms with E-state index in [-0.39, 0.29) is 17.7 Å². The van der Waals surface area contributed by atoms with Gasteiger partial charge in [-0.1, -0.05) is 0 Å². The third kappa shape index (κ3) is 3.02. The van der Waals surface area contributed by atoms with Crippen molar-refractivity contribution in [3.63, 3.8) is 0 Å². The summed E-state index contributed by atoms with van der Waals surface area (Å²) in [5.41, 5.74) is 0. The summed E-state index contributed by atoms with van der Waals surface area (Å²) in [6, 6.07) is 3.44. The molecule has 0 aliphatic heterocycles. The summed E-state index contributed by atoms with van der Waals surface area (Å²) in [7, 11) is 0. The maximum Gasteiger partial charge on any atom is 0.261 e. The molecule has 0 aromatic carbocycles. The van der Waals surface area contributed by atoms with Crippen LogP contribution in [0.15, 0.2) is 18.5 Å². The van der Waals surface area contributed by atoms with Gasteiger partial charge >= 0.3 is 0 Å². The summed E-state index contributed by atoms with van der Waals surface area (Å²) >= 11 is 1.26. The van der Waals surface area contributed by atoms with Crippen LogP contribution in [-0.2, 0) is 11.3 Å². The van der Waals surface area contributed by atoms with Crippen LogP contribution >= 0.6 is 11.3 Å². The number of anilines is 1. The molecule has 1 aliphatic carbocycles. The Balaban J connectivity index is 1.55. The molecule has 1 fully saturated rings. The van der Waals surface area contributed by atoms with Crippen molar-refractivity contribution in [3.05, 3.63) is 29.2 Å². The van der Waals surface area contributed by atoms with Gasteiger partial charge in [-0.15, -0.1) is 11.3 Å². The predicted octanol–water partition coefficient (Wildman–Crippen LogP) is 1.14. The van der Waals surface area contributed by atoms with Crippen molar-refractivity contribution in [1.82, 2.24) is 20.5 Å². The van der Waals surface area contributed by atoms with Crippen LogP contribution in [0.1, 0.15) is 28.3 Å². The molecule has 2 heterocycles. The smallest absolute Gasteiger partial charge is 0.261 e. The van der Waals surface area contributed by atoms with Crippen LogP contribution in [0, 0.1) is 5.92 Å². The average Bonchev–Trinajstić information content (AvgIpc) is 2.98. The van der Waals surface area contributed by atoms with Crippen molar-refractivity contribution in [2.75, 3.05) is 5.32 Å². The second kappa shape index (κ2) is 5.41. The van der Waals surface area contributed by atoms with Crippen molar-refractivity contribution in [2.45, 2.75) is 19.4 Å². The molecule has 2 aromatic heterocycles. The number of thiophene rings is 1. The quantitative estimate of drug-likeness (QED) is 0.769. The number of aromatic nitrogens is 3. The molecule has 104 valence electrons. The zero-order valence-electron chi connectivity index (χ0n) is 10.5. The highest BCUT2D eigenvalue weighted by Gasteiger charge is 2.29. The molecule has 1 aliphatic rings. The average molecular weight is 291 g/mol. The third-order valence-corrected chi connectivity index (χ3v) is 3.91. The van der Waals surface area contributed by atoms with Crippen LogP contribution in [0.25, 0.3) is 0 Å². The molecule has 0 radical (unpaired) electrons. The van der Waals surface area contributed by atoms with Crippen molar-refractivity contribution in [1.29, 1.82) is 0 Å². The van der Waals surface area contributed by atoms with E-state index in [2.05, 4.69) is 25.8 Å². The number of carbonyl (C=O) groups excluding carboxylic acids is 2. The van der Waals surface area contributed by atoms with Gasteiger partial charge < -0.3 is 10.6 Å². The highest BCUT2D eigenvalue weighted by atomic mass is 32.1. The van der Waals surface area contributed by atoms with Crippen LogP contribution in [0.3, 0.4) is 0 Å². The monoisotopic (exact) mass is 291 g/mol. The molecule has 3 rings (SSSR count). The first-order valence-electron chi connectivity index (χ1n) is 6.25. The van der Waals surface area contributed by atoms with Crippen molar-refractivity contribution in [3.8, 4) is 0 Å². The number of rotatable bonds is 5. The Hall–Kier alpha value is -2.22. The first kappa shape index (κ1) is 12.8. The standard InChI is InChI=1S/C12H13N5O2S/c18-11(7-1-2-7)16-10-4-3-8(20-10)12(19)13-5-9-14-6-15-17-9/h3-4,6-7H,1-2,5H2,(H,13,19)(H,16,18)(H,14,15,17). The molecule has 0 unspecified atom stereocenters. The lowest BCUT2D eigenvalue weighted by molar-refractivity contribution is -0.117. The summed E-state index contributed by atoms with van der Waals surface area (Å²) in [4.78, 5) is 28.0. The summed E-state index contributed by atoms with van der Waals surface area (Å²) in [5.74, 6) is 0.594. The Bertz CT molecular complexity index is 618. The molecule has 2 amide bonds. The predicted molar refractivity (Wildman–Crippen MR) is 73.2 cm³/mol. The topological polar surface area (TPSA) is 99.8 Å². The SMILES string of the molecule is O=C(NCc1ncn[nH]1)c1ccc(NC(=O)C2CC2)s1. The molecule has 0 spiro atoms. The summed E-state index contributed by atoms with van der Waals surface area (Å²) in [6.45, 7) is 0.292. The van der Waals surface area contributed by atoms with Crippen LogP contribution in [0.5, 0.6) is 0 Å². The van der Waals surface area contributed by atoms with E-state index in [0.29, 0.717) is 22.2 Å². The second-order valence-electron chi connectivity index (χ2n) is 4.54. The lowest BCUT2D eigenvalue weighted by Gasteiger charge is -2.01. The highest BCUT2D eigenvalue weighted by Crippen LogP contribution is 2.31. The fourth-order valence-electron chi connectivity index (χ4n) is 1.66. The lowest BCUT2D eigenvalue weighted by atomic mass is 10.4. The minimum absolute atomic E-state index is 0.0421. The number of hydrogen-bond donors (Lipinski definition) is 3. The third-order valence-electron chi connectivity index (χ3n) is 2.91. The Morgan fingerprint density at radius 2 is 2.25 bits per heavy atom. The number of hydrogen-bond acceptors (Lipinski definition) is 5. The van der Waals surface area contributed by atoms with Crippen LogP contribution in [-0.4, -0.2) is 27.0 Å². The van der Waals surface area contributed by atoms with Gasteiger partial charge in [-0.25, -0.2) is 4.98 Å². The second-order valence-corrected chi connectivity index (χ2v) is 5.63. The number of nitrogens with one attached hydrogen (secondary N) is 3. The van der Waals surface area contributed by atoms with Crippen molar-refractivity contribution >= 4 is 28.2 Å². The van der Waals surface area contributed by atoms with E-state index >= 15 is 0 Å². The maximum atomic E-state index is 11.9. The molecule has 0 saturated heterocycles. The molecule has 7 nitrogen and oxygen atoms in total. The largest absolute Gasteiger partial charge is 0.344 e. The lowest BCUT2D eigenvalue weighted by Crippen LogP contribution is -2.22. The first-order valence-corrected chi connectivity index (χ1v) is 7.07. The normalized spacial score (nSPS) is 14.0. The van der Waals surface area contributed by atoms with E-state index in [1.54, 1.807) is 12.1 Å². The van der Waals surface area contributed by atoms with E-state index in [9.17, 15) is 9.59 Å². The van der Waals surface area contributed by atoms with E-state index in [0.717, 1.165) is 12.8 Å². The van der Waals surface area contributed by atoms with E-state index in [1.165, 1.54) is 17.7 Å². The van der Waals surface area contributed by atoms with Gasteiger partial charge in [0, 0.05) is 5.92 Å². The van der Waals surface area contributed by atoms with Gasteiger partial charge in [0.15, 0.2) is 0 Å². The highest BCUT2D eigenvalue weighted by molar-refractivity contribution is 7.18. The Kier molecular flexibility index (Phi) is 3.46. The Morgan fingerprint density at radius 1 is 1.40 bits per heavy atom. The molecule has 20 heavy (non-hydrogen) atoms. The van der Waals surface area contributed by atoms with E-state index < -0.39 is 0 Å². The molecule has 8 heteroatoms. The van der Waals surface area contributed by atoms with Gasteiger partial charge in [0.05, 0.1) is 16.4 Å². The van der Waals surface area contributed by atoms with Gasteiger partial charge in [-0.2, -0.15) is 5.10 Å². The number of nitrogens with zero attached hydrogens (tertiary/aromatic N) is 2. The van der Waals surface area contributed by atoms with Crippen LogP contribution in [0.2, 0.25) is 0 Å². The molecule has 2 aromatic rings. The molecule has 0 atom stereocenters. The number of carbonyl (C=O) groups is 2. The number of amides is 2. The fourth-order valence-corrected chi connectivity index (χ4v) is 2.49. The van der Waals surface area contributed by atoms with Gasteiger partial charge in [0.1, 0.15) is 12.2 Å². The summed E-state index contributed by atoms with van der Waals surface area (Å²) < 4.78 is 0. The maximum absolute atomic E-state index is 11.9. The first-order chi connectivity index (χ1) is 9.72. The van der Waals surface area contributed by atoms with E-state index in [1.807, 2.05) is 0 Å². The minimum Gasteiger partial charge on any atom is -0.344 e. The molecular weight excluding hydrogens is 278 g/mol. The molecule has 3 N–H and O–H groups in total. The molecular formula is C12H13N5O2S. The van der Waals surface area contributed by atoms with Crippen molar-refractivity contribution in [2.24, 2.45) is 5.92 Å². The van der Waals surface area contributed by atoms with Gasteiger partial charge in [-0.3, -0.25) is 14.7 Å². The fraction of sp³-hybridized carbons (Fsp3) is 0.333. The van der Waals surface area contributed by atoms with Gasteiger partial charge in [0.25, 0.3) is 5.91 Å². The minimum atomic E-state index is -0.196. The van der Waals surface area contributed by atoms with Crippen LogP contribution < -0.4 is 10.6 Å². The summed E-state index contributed by atoms with van der Waals surface area (Å²) in [5, 5.41) is 12.6. The number of aromatic amines is 1. The Morgan fingerprint density at radius 3 is 2.95 bits per heavy atom. The van der Waals surface area contributed by atoms with Gasteiger partial charge in [0.2, 0.25) is 5.91 Å². The van der Waals surface area contributed by atoms with Crippen molar-refractivity contribution < 1.29 is 9.59 Å². The summed E-state index contributed by atoms with van der Waals surface area (Å²) in [6.07, 6.45) is 3.31. The molecule has 1 saturated carbocycles. The van der Waals surface area contributed by atoms with Crippen LogP contribution in [0.4, 0.5) is 5.00 Å².